The molecule has 2 rings (SSSR count). The minimum atomic E-state index is -0.277. The Labute approximate surface area is 141 Å². The van der Waals surface area contributed by atoms with Gasteiger partial charge in [0.15, 0.2) is 0 Å². The number of carbonyl (C=O) groups excluding carboxylic acids is 2. The minimum Gasteiger partial charge on any atom is -0.334 e. The van der Waals surface area contributed by atoms with Crippen LogP contribution in [-0.4, -0.2) is 25.2 Å². The Morgan fingerprint density at radius 1 is 0.667 bits per heavy atom. The lowest BCUT2D eigenvalue weighted by Crippen LogP contribution is -2.30. The van der Waals surface area contributed by atoms with Crippen LogP contribution in [0.3, 0.4) is 0 Å². The number of carbonyl (C=O) groups is 2. The van der Waals surface area contributed by atoms with Crippen LogP contribution in [0.4, 0.5) is 21.0 Å². The molecule has 0 aliphatic carbocycles. The molecule has 24 heavy (non-hydrogen) atoms. The monoisotopic (exact) mass is 324 g/mol. The fourth-order valence-corrected chi connectivity index (χ4v) is 1.86. The number of para-hydroxylation sites is 2. The lowest BCUT2D eigenvalue weighted by Gasteiger charge is -2.06. The Kier molecular flexibility index (Phi) is 6.89. The second-order valence-electron chi connectivity index (χ2n) is 4.87. The molecule has 0 bridgehead atoms. The van der Waals surface area contributed by atoms with Gasteiger partial charge in [0, 0.05) is 24.5 Å². The van der Waals surface area contributed by atoms with Gasteiger partial charge < -0.3 is 21.3 Å². The smallest absolute Gasteiger partial charge is 0.319 e. The van der Waals surface area contributed by atoms with Crippen molar-refractivity contribution >= 4 is 23.4 Å². The number of benzene rings is 2. The molecule has 0 radical (unpaired) electrons. The topological polar surface area (TPSA) is 82.3 Å². The summed E-state index contributed by atoms with van der Waals surface area (Å²) in [4.78, 5) is 23.2. The predicted octanol–water partition coefficient (Wildman–Crippen LogP) is 3.19. The number of hydrogen-bond donors (Lipinski definition) is 4. The van der Waals surface area contributed by atoms with Crippen molar-refractivity contribution in [2.24, 2.45) is 0 Å². The number of nitrogens with one attached hydrogen (secondary N) is 4. The average Bonchev–Trinajstić information content (AvgIpc) is 2.60. The molecule has 0 aromatic heterocycles. The highest BCUT2D eigenvalue weighted by Gasteiger charge is 1.99. The van der Waals surface area contributed by atoms with Gasteiger partial charge in [0.2, 0.25) is 0 Å². The first-order valence-corrected chi connectivity index (χ1v) is 7.59. The Hall–Kier alpha value is -3.28. The number of rotatable bonds is 6. The Morgan fingerprint density at radius 2 is 1.04 bits per heavy atom. The average molecular weight is 324 g/mol. The molecule has 0 unspecified atom stereocenters. The standard InChI is InChI=1S/C18H20N4O2/c23-17(21-15-9-3-1-4-10-15)19-13-7-8-14-20-18(24)22-16-11-5-2-6-12-16/h1-12H,13-14H2,(H2,19,21,23)(H2,20,22,24)/b8-7+. The maximum Gasteiger partial charge on any atom is 0.319 e. The molecule has 4 N–H and O–H groups in total. The van der Waals surface area contributed by atoms with Crippen molar-refractivity contribution in [2.45, 2.75) is 0 Å². The van der Waals surface area contributed by atoms with Gasteiger partial charge >= 0.3 is 12.1 Å². The Morgan fingerprint density at radius 3 is 1.42 bits per heavy atom. The molecular formula is C18H20N4O2. The highest BCUT2D eigenvalue weighted by molar-refractivity contribution is 5.89. The summed E-state index contributed by atoms with van der Waals surface area (Å²) in [5, 5.41) is 10.8. The summed E-state index contributed by atoms with van der Waals surface area (Å²) >= 11 is 0. The zero-order chi connectivity index (χ0) is 17.0. The zero-order valence-corrected chi connectivity index (χ0v) is 13.2. The van der Waals surface area contributed by atoms with Gasteiger partial charge in [-0.2, -0.15) is 0 Å². The first kappa shape index (κ1) is 17.1. The van der Waals surface area contributed by atoms with E-state index < -0.39 is 0 Å². The van der Waals surface area contributed by atoms with Crippen LogP contribution < -0.4 is 21.3 Å². The third kappa shape index (κ3) is 6.65. The normalized spacial score (nSPS) is 10.2. The van der Waals surface area contributed by atoms with E-state index in [0.717, 1.165) is 11.4 Å². The highest BCUT2D eigenvalue weighted by Crippen LogP contribution is 2.04. The van der Waals surface area contributed by atoms with E-state index >= 15 is 0 Å². The molecule has 0 spiro atoms. The van der Waals surface area contributed by atoms with E-state index in [1.54, 1.807) is 12.2 Å². The summed E-state index contributed by atoms with van der Waals surface area (Å²) in [5.74, 6) is 0. The van der Waals surface area contributed by atoms with E-state index in [-0.39, 0.29) is 12.1 Å². The first-order chi connectivity index (χ1) is 11.7. The number of hydrogen-bond acceptors (Lipinski definition) is 2. The van der Waals surface area contributed by atoms with Crippen molar-refractivity contribution in [3.63, 3.8) is 0 Å². The van der Waals surface area contributed by atoms with Crippen LogP contribution in [0.15, 0.2) is 72.8 Å². The Balaban J connectivity index is 1.57. The number of anilines is 2. The van der Waals surface area contributed by atoms with Crippen LogP contribution >= 0.6 is 0 Å². The first-order valence-electron chi connectivity index (χ1n) is 7.59. The van der Waals surface area contributed by atoms with Gasteiger partial charge in [0.25, 0.3) is 0 Å². The number of urea groups is 2. The molecule has 6 nitrogen and oxygen atoms in total. The van der Waals surface area contributed by atoms with E-state index in [1.807, 2.05) is 60.7 Å². The molecule has 124 valence electrons. The molecule has 0 aliphatic heterocycles. The van der Waals surface area contributed by atoms with Crippen molar-refractivity contribution in [1.82, 2.24) is 10.6 Å². The zero-order valence-electron chi connectivity index (χ0n) is 13.2. The van der Waals surface area contributed by atoms with E-state index in [2.05, 4.69) is 21.3 Å². The predicted molar refractivity (Wildman–Crippen MR) is 96.1 cm³/mol. The quantitative estimate of drug-likeness (QED) is 0.616. The van der Waals surface area contributed by atoms with Crippen LogP contribution in [-0.2, 0) is 0 Å². The van der Waals surface area contributed by atoms with Gasteiger partial charge in [-0.05, 0) is 24.3 Å². The van der Waals surface area contributed by atoms with E-state index in [9.17, 15) is 9.59 Å². The maximum atomic E-state index is 11.6. The van der Waals surface area contributed by atoms with Crippen molar-refractivity contribution in [2.75, 3.05) is 23.7 Å². The minimum absolute atomic E-state index is 0.277. The summed E-state index contributed by atoms with van der Waals surface area (Å²) in [5.41, 5.74) is 1.47. The molecule has 0 heterocycles. The lowest BCUT2D eigenvalue weighted by atomic mass is 10.3. The lowest BCUT2D eigenvalue weighted by molar-refractivity contribution is 0.252. The molecule has 0 saturated heterocycles. The van der Waals surface area contributed by atoms with Crippen molar-refractivity contribution in [1.29, 1.82) is 0 Å². The molecule has 2 aromatic carbocycles. The van der Waals surface area contributed by atoms with Gasteiger partial charge in [-0.1, -0.05) is 48.6 Å². The molecule has 0 aliphatic rings. The van der Waals surface area contributed by atoms with Crippen molar-refractivity contribution in [3.8, 4) is 0 Å². The van der Waals surface area contributed by atoms with E-state index in [4.69, 9.17) is 0 Å². The highest BCUT2D eigenvalue weighted by atomic mass is 16.2. The van der Waals surface area contributed by atoms with E-state index in [0.29, 0.717) is 13.1 Å². The van der Waals surface area contributed by atoms with Crippen molar-refractivity contribution in [3.05, 3.63) is 72.8 Å². The fourth-order valence-electron chi connectivity index (χ4n) is 1.86. The van der Waals surface area contributed by atoms with Gasteiger partial charge in [0.1, 0.15) is 0 Å². The van der Waals surface area contributed by atoms with Gasteiger partial charge in [-0.15, -0.1) is 0 Å². The molecule has 0 atom stereocenters. The summed E-state index contributed by atoms with van der Waals surface area (Å²) in [6.07, 6.45) is 3.54. The summed E-state index contributed by atoms with van der Waals surface area (Å²) in [6.45, 7) is 0.751. The second kappa shape index (κ2) is 9.68. The number of amides is 4. The third-order valence-electron chi connectivity index (χ3n) is 2.99. The van der Waals surface area contributed by atoms with Crippen LogP contribution in [0.25, 0.3) is 0 Å². The summed E-state index contributed by atoms with van der Waals surface area (Å²) < 4.78 is 0. The van der Waals surface area contributed by atoms with Crippen LogP contribution in [0.2, 0.25) is 0 Å². The van der Waals surface area contributed by atoms with Crippen LogP contribution in [0.1, 0.15) is 0 Å². The second-order valence-corrected chi connectivity index (χ2v) is 4.87. The summed E-state index contributed by atoms with van der Waals surface area (Å²) in [6, 6.07) is 17.8. The van der Waals surface area contributed by atoms with Gasteiger partial charge in [0.05, 0.1) is 0 Å². The molecular weight excluding hydrogens is 304 g/mol. The molecule has 2 aromatic rings. The van der Waals surface area contributed by atoms with Gasteiger partial charge in [-0.25, -0.2) is 9.59 Å². The molecule has 0 fully saturated rings. The van der Waals surface area contributed by atoms with Crippen LogP contribution in [0, 0.1) is 0 Å². The molecule has 0 saturated carbocycles. The summed E-state index contributed by atoms with van der Waals surface area (Å²) in [7, 11) is 0. The SMILES string of the molecule is O=C(NC/C=C/CNC(=O)Nc1ccccc1)Nc1ccccc1. The largest absolute Gasteiger partial charge is 0.334 e. The Bertz CT molecular complexity index is 612. The molecule has 4 amide bonds. The van der Waals surface area contributed by atoms with Gasteiger partial charge in [-0.3, -0.25) is 0 Å². The van der Waals surface area contributed by atoms with E-state index in [1.165, 1.54) is 0 Å². The maximum absolute atomic E-state index is 11.6. The molecule has 6 heteroatoms. The fraction of sp³-hybridized carbons (Fsp3) is 0.111. The van der Waals surface area contributed by atoms with Crippen LogP contribution in [0.5, 0.6) is 0 Å². The third-order valence-corrected chi connectivity index (χ3v) is 2.99. The van der Waals surface area contributed by atoms with Crippen molar-refractivity contribution < 1.29 is 9.59 Å².